The Balaban J connectivity index is 1.77. The van der Waals surface area contributed by atoms with Gasteiger partial charge in [0, 0.05) is 38.0 Å². The lowest BCUT2D eigenvalue weighted by molar-refractivity contribution is -0.128. The third-order valence-electron chi connectivity index (χ3n) is 3.54. The van der Waals surface area contributed by atoms with Gasteiger partial charge in [0.05, 0.1) is 0 Å². The first-order valence-electron chi connectivity index (χ1n) is 6.72. The maximum atomic E-state index is 12.0. The van der Waals surface area contributed by atoms with Gasteiger partial charge in [0.1, 0.15) is 0 Å². The highest BCUT2D eigenvalue weighted by Crippen LogP contribution is 2.47. The van der Waals surface area contributed by atoms with E-state index in [1.54, 1.807) is 14.1 Å². The lowest BCUT2D eigenvalue weighted by Crippen LogP contribution is -2.31. The molecule has 0 heterocycles. The van der Waals surface area contributed by atoms with Gasteiger partial charge in [-0.05, 0) is 30.0 Å². The average Bonchev–Trinajstić information content (AvgIpc) is 3.18. The summed E-state index contributed by atoms with van der Waals surface area (Å²) >= 11 is 5.95. The van der Waals surface area contributed by atoms with Crippen molar-refractivity contribution in [3.63, 3.8) is 0 Å². The SMILES string of the molecule is CN(C)C(=O)CCNC(=O)[C@H]1C[C@H]1c1cccc(Cl)c1. The molecule has 0 radical (unpaired) electrons. The summed E-state index contributed by atoms with van der Waals surface area (Å²) < 4.78 is 0. The van der Waals surface area contributed by atoms with Gasteiger partial charge in [-0.3, -0.25) is 9.59 Å². The van der Waals surface area contributed by atoms with Crippen LogP contribution < -0.4 is 5.32 Å². The number of hydrogen-bond donors (Lipinski definition) is 1. The molecule has 108 valence electrons. The van der Waals surface area contributed by atoms with Crippen LogP contribution in [0.3, 0.4) is 0 Å². The fraction of sp³-hybridized carbons (Fsp3) is 0.467. The van der Waals surface area contributed by atoms with Crippen molar-refractivity contribution in [1.82, 2.24) is 10.2 Å². The Kier molecular flexibility index (Phi) is 4.65. The first-order chi connectivity index (χ1) is 9.49. The van der Waals surface area contributed by atoms with Gasteiger partial charge in [-0.15, -0.1) is 0 Å². The van der Waals surface area contributed by atoms with Gasteiger partial charge in [0.15, 0.2) is 0 Å². The molecular weight excluding hydrogens is 276 g/mol. The third kappa shape index (κ3) is 3.73. The van der Waals surface area contributed by atoms with Gasteiger partial charge in [0.25, 0.3) is 0 Å². The van der Waals surface area contributed by atoms with Crippen molar-refractivity contribution in [3.05, 3.63) is 34.9 Å². The number of amides is 2. The molecule has 0 spiro atoms. The van der Waals surface area contributed by atoms with Crippen LogP contribution in [-0.2, 0) is 9.59 Å². The Hall–Kier alpha value is -1.55. The Labute approximate surface area is 124 Å². The highest BCUT2D eigenvalue weighted by Gasteiger charge is 2.43. The summed E-state index contributed by atoms with van der Waals surface area (Å²) in [6, 6.07) is 7.64. The van der Waals surface area contributed by atoms with Gasteiger partial charge in [-0.2, -0.15) is 0 Å². The number of nitrogens with one attached hydrogen (secondary N) is 1. The second-order valence-corrected chi connectivity index (χ2v) is 5.77. The maximum Gasteiger partial charge on any atom is 0.223 e. The van der Waals surface area contributed by atoms with E-state index in [0.29, 0.717) is 18.0 Å². The zero-order valence-electron chi connectivity index (χ0n) is 11.7. The predicted octanol–water partition coefficient (Wildman–Crippen LogP) is 2.04. The largest absolute Gasteiger partial charge is 0.355 e. The van der Waals surface area contributed by atoms with Crippen molar-refractivity contribution in [2.75, 3.05) is 20.6 Å². The van der Waals surface area contributed by atoms with Crippen molar-refractivity contribution < 1.29 is 9.59 Å². The Bertz CT molecular complexity index is 516. The van der Waals surface area contributed by atoms with Crippen LogP contribution in [0.2, 0.25) is 5.02 Å². The topological polar surface area (TPSA) is 49.4 Å². The van der Waals surface area contributed by atoms with E-state index < -0.39 is 0 Å². The summed E-state index contributed by atoms with van der Waals surface area (Å²) in [7, 11) is 3.42. The van der Waals surface area contributed by atoms with E-state index in [2.05, 4.69) is 5.32 Å². The first-order valence-corrected chi connectivity index (χ1v) is 7.10. The molecule has 1 fully saturated rings. The molecule has 1 aliphatic carbocycles. The van der Waals surface area contributed by atoms with Gasteiger partial charge in [-0.25, -0.2) is 0 Å². The summed E-state index contributed by atoms with van der Waals surface area (Å²) in [6.45, 7) is 0.397. The second-order valence-electron chi connectivity index (χ2n) is 5.33. The van der Waals surface area contributed by atoms with Crippen molar-refractivity contribution in [1.29, 1.82) is 0 Å². The molecule has 0 aliphatic heterocycles. The lowest BCUT2D eigenvalue weighted by atomic mass is 10.1. The van der Waals surface area contributed by atoms with E-state index in [1.165, 1.54) is 4.90 Å². The smallest absolute Gasteiger partial charge is 0.223 e. The van der Waals surface area contributed by atoms with Crippen molar-refractivity contribution in [2.45, 2.75) is 18.8 Å². The highest BCUT2D eigenvalue weighted by molar-refractivity contribution is 6.30. The fourth-order valence-corrected chi connectivity index (χ4v) is 2.44. The number of carbonyl (C=O) groups excluding carboxylic acids is 2. The minimum atomic E-state index is 0.0166. The monoisotopic (exact) mass is 294 g/mol. The van der Waals surface area contributed by atoms with Crippen molar-refractivity contribution in [3.8, 4) is 0 Å². The molecule has 0 bridgehead atoms. The van der Waals surface area contributed by atoms with Gasteiger partial charge in [-0.1, -0.05) is 23.7 Å². The number of nitrogens with zero attached hydrogens (tertiary/aromatic N) is 1. The Morgan fingerprint density at radius 2 is 2.15 bits per heavy atom. The number of carbonyl (C=O) groups is 2. The Morgan fingerprint density at radius 1 is 1.40 bits per heavy atom. The molecule has 0 unspecified atom stereocenters. The molecule has 20 heavy (non-hydrogen) atoms. The van der Waals surface area contributed by atoms with Crippen LogP contribution in [0, 0.1) is 5.92 Å². The van der Waals surface area contributed by atoms with Crippen LogP contribution in [-0.4, -0.2) is 37.4 Å². The summed E-state index contributed by atoms with van der Waals surface area (Å²) in [4.78, 5) is 24.9. The summed E-state index contributed by atoms with van der Waals surface area (Å²) in [5.74, 6) is 0.329. The minimum absolute atomic E-state index is 0.0166. The second kappa shape index (κ2) is 6.27. The predicted molar refractivity (Wildman–Crippen MR) is 78.6 cm³/mol. The van der Waals surface area contributed by atoms with Gasteiger partial charge in [0.2, 0.25) is 11.8 Å². The zero-order chi connectivity index (χ0) is 14.7. The van der Waals surface area contributed by atoms with E-state index in [9.17, 15) is 9.59 Å². The molecule has 1 aliphatic rings. The molecule has 1 saturated carbocycles. The van der Waals surface area contributed by atoms with Gasteiger partial charge < -0.3 is 10.2 Å². The first kappa shape index (κ1) is 14.9. The molecule has 2 atom stereocenters. The molecule has 1 aromatic carbocycles. The van der Waals surface area contributed by atoms with Crippen LogP contribution in [0.15, 0.2) is 24.3 Å². The molecule has 5 heteroatoms. The summed E-state index contributed by atoms with van der Waals surface area (Å²) in [5.41, 5.74) is 1.11. The van der Waals surface area contributed by atoms with Crippen molar-refractivity contribution >= 4 is 23.4 Å². The van der Waals surface area contributed by atoms with E-state index in [1.807, 2.05) is 24.3 Å². The van der Waals surface area contributed by atoms with E-state index in [-0.39, 0.29) is 23.7 Å². The van der Waals surface area contributed by atoms with E-state index in [0.717, 1.165) is 12.0 Å². The quantitative estimate of drug-likeness (QED) is 0.903. The average molecular weight is 295 g/mol. The number of hydrogen-bond acceptors (Lipinski definition) is 2. The number of rotatable bonds is 5. The lowest BCUT2D eigenvalue weighted by Gasteiger charge is -2.10. The van der Waals surface area contributed by atoms with Crippen molar-refractivity contribution in [2.24, 2.45) is 5.92 Å². The van der Waals surface area contributed by atoms with Crippen LogP contribution >= 0.6 is 11.6 Å². The van der Waals surface area contributed by atoms with Crippen LogP contribution in [0.1, 0.15) is 24.3 Å². The minimum Gasteiger partial charge on any atom is -0.355 e. The standard InChI is InChI=1S/C15H19ClN2O2/c1-18(2)14(19)6-7-17-15(20)13-9-12(13)10-4-3-5-11(16)8-10/h3-5,8,12-13H,6-7,9H2,1-2H3,(H,17,20)/t12-,13-/m0/s1. The normalized spacial score (nSPS) is 20.4. The van der Waals surface area contributed by atoms with Crippen LogP contribution in [0.25, 0.3) is 0 Å². The molecule has 4 nitrogen and oxygen atoms in total. The molecule has 0 saturated heterocycles. The molecule has 0 aromatic heterocycles. The molecule has 2 amide bonds. The van der Waals surface area contributed by atoms with E-state index in [4.69, 9.17) is 11.6 Å². The number of halogens is 1. The third-order valence-corrected chi connectivity index (χ3v) is 3.78. The van der Waals surface area contributed by atoms with Crippen LogP contribution in [0.5, 0.6) is 0 Å². The molecule has 1 aromatic rings. The Morgan fingerprint density at radius 3 is 2.80 bits per heavy atom. The fourth-order valence-electron chi connectivity index (χ4n) is 2.24. The van der Waals surface area contributed by atoms with Crippen LogP contribution in [0.4, 0.5) is 0 Å². The molecule has 2 rings (SSSR count). The van der Waals surface area contributed by atoms with Gasteiger partial charge >= 0.3 is 0 Å². The summed E-state index contributed by atoms with van der Waals surface area (Å²) in [5, 5.41) is 3.52. The highest BCUT2D eigenvalue weighted by atomic mass is 35.5. The molecular formula is C15H19ClN2O2. The number of benzene rings is 1. The van der Waals surface area contributed by atoms with E-state index >= 15 is 0 Å². The maximum absolute atomic E-state index is 12.0. The summed E-state index contributed by atoms with van der Waals surface area (Å²) in [6.07, 6.45) is 1.20. The zero-order valence-corrected chi connectivity index (χ0v) is 12.5. The molecule has 1 N–H and O–H groups in total.